The van der Waals surface area contributed by atoms with Crippen molar-refractivity contribution in [1.82, 2.24) is 0 Å². The van der Waals surface area contributed by atoms with Gasteiger partial charge in [-0.15, -0.1) is 0 Å². The Bertz CT molecular complexity index is 403. The summed E-state index contributed by atoms with van der Waals surface area (Å²) < 4.78 is 0. The van der Waals surface area contributed by atoms with E-state index in [9.17, 15) is 4.79 Å². The fourth-order valence-corrected chi connectivity index (χ4v) is 1.69. The second-order valence-corrected chi connectivity index (χ2v) is 4.79. The molecule has 0 spiro atoms. The fraction of sp³-hybridized carbons (Fsp3) is 0.400. The van der Waals surface area contributed by atoms with E-state index in [2.05, 4.69) is 20.4 Å². The van der Waals surface area contributed by atoms with E-state index in [-0.39, 0.29) is 11.8 Å². The highest BCUT2D eigenvalue weighted by Crippen LogP contribution is 2.15. The van der Waals surface area contributed by atoms with Crippen LogP contribution in [0.25, 0.3) is 0 Å². The third-order valence-corrected chi connectivity index (χ3v) is 3.03. The number of ketones is 1. The number of rotatable bonds is 5. The summed E-state index contributed by atoms with van der Waals surface area (Å²) in [4.78, 5) is 11.1. The Balaban J connectivity index is 2.69. The van der Waals surface area contributed by atoms with Crippen molar-refractivity contribution in [1.29, 1.82) is 0 Å². The highest BCUT2D eigenvalue weighted by Gasteiger charge is 2.11. The Hall–Kier alpha value is -1.41. The van der Waals surface area contributed by atoms with Crippen LogP contribution < -0.4 is 5.73 Å². The second-order valence-electron chi connectivity index (χ2n) is 4.79. The van der Waals surface area contributed by atoms with E-state index in [0.29, 0.717) is 5.92 Å². The monoisotopic (exact) mass is 231 g/mol. The molecule has 0 amide bonds. The van der Waals surface area contributed by atoms with Gasteiger partial charge < -0.3 is 5.73 Å². The van der Waals surface area contributed by atoms with Gasteiger partial charge in [0.1, 0.15) is 0 Å². The average molecular weight is 231 g/mol. The predicted molar refractivity (Wildman–Crippen MR) is 72.1 cm³/mol. The van der Waals surface area contributed by atoms with Crippen LogP contribution >= 0.6 is 0 Å². The number of hydrogen-bond acceptors (Lipinski definition) is 2. The van der Waals surface area contributed by atoms with Crippen LogP contribution in [-0.2, 0) is 6.42 Å². The van der Waals surface area contributed by atoms with Gasteiger partial charge in [0, 0.05) is 11.6 Å². The lowest BCUT2D eigenvalue weighted by Crippen LogP contribution is -2.27. The van der Waals surface area contributed by atoms with Gasteiger partial charge in [-0.2, -0.15) is 0 Å². The molecule has 1 aromatic rings. The first-order chi connectivity index (χ1) is 7.91. The normalized spacial score (nSPS) is 12.5. The molecule has 2 N–H and O–H groups in total. The van der Waals surface area contributed by atoms with Crippen LogP contribution in [0.15, 0.2) is 36.4 Å². The first-order valence-corrected chi connectivity index (χ1v) is 5.96. The van der Waals surface area contributed by atoms with Crippen LogP contribution in [0.2, 0.25) is 0 Å². The molecule has 0 aromatic heterocycles. The predicted octanol–water partition coefficient (Wildman–Crippen LogP) is 2.97. The highest BCUT2D eigenvalue weighted by atomic mass is 16.1. The van der Waals surface area contributed by atoms with Crippen molar-refractivity contribution in [2.45, 2.75) is 33.2 Å². The Morgan fingerprint density at radius 1 is 1.29 bits per heavy atom. The molecule has 1 aromatic carbocycles. The van der Waals surface area contributed by atoms with Crippen LogP contribution in [0.3, 0.4) is 0 Å². The van der Waals surface area contributed by atoms with E-state index in [0.717, 1.165) is 23.1 Å². The van der Waals surface area contributed by atoms with Gasteiger partial charge in [-0.1, -0.05) is 50.3 Å². The molecule has 17 heavy (non-hydrogen) atoms. The molecule has 0 saturated heterocycles. The molecule has 92 valence electrons. The lowest BCUT2D eigenvalue weighted by atomic mass is 9.93. The third kappa shape index (κ3) is 3.82. The van der Waals surface area contributed by atoms with Crippen LogP contribution in [0.4, 0.5) is 0 Å². The van der Waals surface area contributed by atoms with Gasteiger partial charge in [0.05, 0.1) is 0 Å². The molecule has 0 aliphatic carbocycles. The first-order valence-electron chi connectivity index (χ1n) is 5.96. The van der Waals surface area contributed by atoms with Gasteiger partial charge in [-0.05, 0) is 24.8 Å². The summed E-state index contributed by atoms with van der Waals surface area (Å²) in [5.41, 5.74) is 9.04. The van der Waals surface area contributed by atoms with Crippen LogP contribution in [-0.4, -0.2) is 11.8 Å². The topological polar surface area (TPSA) is 43.1 Å². The van der Waals surface area contributed by atoms with Gasteiger partial charge in [-0.25, -0.2) is 0 Å². The summed E-state index contributed by atoms with van der Waals surface area (Å²) in [6.07, 6.45) is 0.773. The fourth-order valence-electron chi connectivity index (χ4n) is 1.69. The summed E-state index contributed by atoms with van der Waals surface area (Å²) in [6.45, 7) is 9.78. The molecule has 0 heterocycles. The molecule has 0 aliphatic heterocycles. The van der Waals surface area contributed by atoms with Gasteiger partial charge in [-0.3, -0.25) is 4.79 Å². The number of hydrogen-bond donors (Lipinski definition) is 1. The van der Waals surface area contributed by atoms with Gasteiger partial charge in [0.2, 0.25) is 0 Å². The zero-order chi connectivity index (χ0) is 13.0. The number of nitrogens with two attached hydrogens (primary N) is 1. The van der Waals surface area contributed by atoms with E-state index in [1.54, 1.807) is 6.92 Å². The number of carbonyl (C=O) groups excluding carboxylic acids is 1. The standard InChI is InChI=1S/C15H21NO/c1-10(2)11(3)15(16)9-13-5-7-14(8-6-13)12(4)17/h5-8,10,15H,3,9,16H2,1-2,4H3. The molecule has 2 nitrogen and oxygen atoms in total. The van der Waals surface area contributed by atoms with Gasteiger partial charge >= 0.3 is 0 Å². The molecular weight excluding hydrogens is 210 g/mol. The second kappa shape index (κ2) is 5.78. The first kappa shape index (κ1) is 13.7. The maximum atomic E-state index is 11.1. The molecule has 1 unspecified atom stereocenters. The van der Waals surface area contributed by atoms with Crippen molar-refractivity contribution in [2.75, 3.05) is 0 Å². The van der Waals surface area contributed by atoms with Crippen molar-refractivity contribution in [3.05, 3.63) is 47.5 Å². The van der Waals surface area contributed by atoms with Crippen LogP contribution in [0.1, 0.15) is 36.7 Å². The summed E-state index contributed by atoms with van der Waals surface area (Å²) in [7, 11) is 0. The van der Waals surface area contributed by atoms with E-state index in [1.807, 2.05) is 24.3 Å². The average Bonchev–Trinajstić information content (AvgIpc) is 2.28. The summed E-state index contributed by atoms with van der Waals surface area (Å²) in [5, 5.41) is 0. The minimum Gasteiger partial charge on any atom is -0.324 e. The van der Waals surface area contributed by atoms with Crippen molar-refractivity contribution in [2.24, 2.45) is 11.7 Å². The molecule has 0 aliphatic rings. The van der Waals surface area contributed by atoms with Crippen molar-refractivity contribution in [3.63, 3.8) is 0 Å². The molecular formula is C15H21NO. The molecule has 0 radical (unpaired) electrons. The zero-order valence-corrected chi connectivity index (χ0v) is 10.9. The Morgan fingerprint density at radius 2 is 1.82 bits per heavy atom. The minimum atomic E-state index is -0.0156. The summed E-state index contributed by atoms with van der Waals surface area (Å²) >= 11 is 0. The van der Waals surface area contributed by atoms with Crippen molar-refractivity contribution < 1.29 is 4.79 Å². The quantitative estimate of drug-likeness (QED) is 0.625. The van der Waals surface area contributed by atoms with E-state index in [1.165, 1.54) is 0 Å². The number of carbonyl (C=O) groups is 1. The Kier molecular flexibility index (Phi) is 4.64. The molecule has 0 saturated carbocycles. The van der Waals surface area contributed by atoms with E-state index < -0.39 is 0 Å². The number of benzene rings is 1. The van der Waals surface area contributed by atoms with Gasteiger partial charge in [0.25, 0.3) is 0 Å². The third-order valence-electron chi connectivity index (χ3n) is 3.03. The SMILES string of the molecule is C=C(C(C)C)C(N)Cc1ccc(C(C)=O)cc1. The van der Waals surface area contributed by atoms with Crippen molar-refractivity contribution >= 4 is 5.78 Å². The lowest BCUT2D eigenvalue weighted by molar-refractivity contribution is 0.101. The molecule has 1 atom stereocenters. The maximum absolute atomic E-state index is 11.1. The van der Waals surface area contributed by atoms with E-state index in [4.69, 9.17) is 5.73 Å². The number of Topliss-reactive ketones (excluding diaryl/α,β-unsaturated/α-hetero) is 1. The highest BCUT2D eigenvalue weighted by molar-refractivity contribution is 5.93. The maximum Gasteiger partial charge on any atom is 0.159 e. The molecule has 0 bridgehead atoms. The summed E-state index contributed by atoms with van der Waals surface area (Å²) in [5.74, 6) is 0.494. The molecule has 1 rings (SSSR count). The Morgan fingerprint density at radius 3 is 2.24 bits per heavy atom. The zero-order valence-electron chi connectivity index (χ0n) is 10.9. The Labute approximate surface area is 104 Å². The smallest absolute Gasteiger partial charge is 0.159 e. The molecule has 2 heteroatoms. The summed E-state index contributed by atoms with van der Waals surface area (Å²) in [6, 6.07) is 7.61. The lowest BCUT2D eigenvalue weighted by Gasteiger charge is -2.18. The largest absolute Gasteiger partial charge is 0.324 e. The minimum absolute atomic E-state index is 0.0156. The van der Waals surface area contributed by atoms with Crippen molar-refractivity contribution in [3.8, 4) is 0 Å². The van der Waals surface area contributed by atoms with E-state index >= 15 is 0 Å². The van der Waals surface area contributed by atoms with Crippen LogP contribution in [0.5, 0.6) is 0 Å². The molecule has 0 fully saturated rings. The van der Waals surface area contributed by atoms with Crippen LogP contribution in [0, 0.1) is 5.92 Å². The van der Waals surface area contributed by atoms with Gasteiger partial charge in [0.15, 0.2) is 5.78 Å².